The lowest BCUT2D eigenvalue weighted by atomic mass is 10.1. The molecule has 2 unspecified atom stereocenters. The van der Waals surface area contributed by atoms with Crippen LogP contribution in [0.2, 0.25) is 0 Å². The summed E-state index contributed by atoms with van der Waals surface area (Å²) in [5, 5.41) is 3.15. The molecule has 1 fully saturated rings. The minimum Gasteiger partial charge on any atom is -0.321 e. The van der Waals surface area contributed by atoms with Gasteiger partial charge in [-0.05, 0) is 37.0 Å². The van der Waals surface area contributed by atoms with E-state index in [9.17, 15) is 13.6 Å². The van der Waals surface area contributed by atoms with Gasteiger partial charge in [-0.3, -0.25) is 10.1 Å². The molecule has 0 spiro atoms. The second kappa shape index (κ2) is 7.22. The van der Waals surface area contributed by atoms with Crippen molar-refractivity contribution >= 4 is 17.7 Å². The summed E-state index contributed by atoms with van der Waals surface area (Å²) in [6.45, 7) is 2.49. The van der Waals surface area contributed by atoms with Crippen LogP contribution >= 0.6 is 11.8 Å². The van der Waals surface area contributed by atoms with Gasteiger partial charge in [0.2, 0.25) is 5.91 Å². The molecule has 0 radical (unpaired) electrons. The quantitative estimate of drug-likeness (QED) is 0.820. The molecule has 0 saturated carbocycles. The third kappa shape index (κ3) is 3.55. The Morgan fingerprint density at radius 2 is 2.14 bits per heavy atom. The number of rotatable bonds is 6. The van der Waals surface area contributed by atoms with E-state index < -0.39 is 17.8 Å². The monoisotopic (exact) mass is 314 g/mol. The van der Waals surface area contributed by atoms with Crippen molar-refractivity contribution in [1.82, 2.24) is 10.2 Å². The number of nitrogens with one attached hydrogen (secondary N) is 1. The number of hydrogen-bond acceptors (Lipinski definition) is 3. The van der Waals surface area contributed by atoms with Gasteiger partial charge < -0.3 is 4.90 Å². The SMILES string of the molecule is CCC1NC(c2ccc(F)cc2F)N(CCCSC)C1=O. The zero-order chi connectivity index (χ0) is 15.4. The van der Waals surface area contributed by atoms with Crippen molar-refractivity contribution in [2.24, 2.45) is 0 Å². The minimum atomic E-state index is -0.619. The Morgan fingerprint density at radius 1 is 1.38 bits per heavy atom. The van der Waals surface area contributed by atoms with Gasteiger partial charge in [0.05, 0.1) is 6.04 Å². The van der Waals surface area contributed by atoms with E-state index in [0.29, 0.717) is 18.5 Å². The van der Waals surface area contributed by atoms with Crippen LogP contribution in [0.3, 0.4) is 0 Å². The number of amides is 1. The standard InChI is InChI=1S/C15H20F2N2OS/c1-3-13-15(20)19(7-4-8-21-2)14(18-13)11-6-5-10(16)9-12(11)17/h5-6,9,13-14,18H,3-4,7-8H2,1-2H3. The summed E-state index contributed by atoms with van der Waals surface area (Å²) < 4.78 is 27.1. The predicted molar refractivity (Wildman–Crippen MR) is 81.0 cm³/mol. The molecule has 0 bridgehead atoms. The van der Waals surface area contributed by atoms with E-state index in [-0.39, 0.29) is 11.9 Å². The summed E-state index contributed by atoms with van der Waals surface area (Å²) in [5.41, 5.74) is 0.324. The summed E-state index contributed by atoms with van der Waals surface area (Å²) >= 11 is 1.71. The molecule has 2 rings (SSSR count). The fourth-order valence-corrected chi connectivity index (χ4v) is 2.99. The van der Waals surface area contributed by atoms with E-state index in [4.69, 9.17) is 0 Å². The third-order valence-electron chi connectivity index (χ3n) is 3.66. The molecule has 1 N–H and O–H groups in total. The normalized spacial score (nSPS) is 22.1. The van der Waals surface area contributed by atoms with Crippen molar-refractivity contribution in [3.05, 3.63) is 35.4 Å². The van der Waals surface area contributed by atoms with E-state index in [1.165, 1.54) is 12.1 Å². The Balaban J connectivity index is 2.23. The van der Waals surface area contributed by atoms with Crippen LogP contribution in [0.25, 0.3) is 0 Å². The molecule has 3 nitrogen and oxygen atoms in total. The molecule has 1 aliphatic heterocycles. The highest BCUT2D eigenvalue weighted by molar-refractivity contribution is 7.98. The largest absolute Gasteiger partial charge is 0.321 e. The Bertz CT molecular complexity index is 512. The van der Waals surface area contributed by atoms with E-state index in [1.807, 2.05) is 13.2 Å². The number of benzene rings is 1. The highest BCUT2D eigenvalue weighted by Gasteiger charge is 2.39. The van der Waals surface area contributed by atoms with Crippen molar-refractivity contribution in [3.8, 4) is 0 Å². The molecular formula is C15H20F2N2OS. The second-order valence-electron chi connectivity index (χ2n) is 5.07. The van der Waals surface area contributed by atoms with Crippen LogP contribution in [0.1, 0.15) is 31.5 Å². The number of hydrogen-bond donors (Lipinski definition) is 1. The number of carbonyl (C=O) groups excluding carboxylic acids is 1. The first-order chi connectivity index (χ1) is 10.1. The lowest BCUT2D eigenvalue weighted by Crippen LogP contribution is -2.32. The summed E-state index contributed by atoms with van der Waals surface area (Å²) in [4.78, 5) is 14.0. The van der Waals surface area contributed by atoms with Gasteiger partial charge in [0.15, 0.2) is 0 Å². The predicted octanol–water partition coefficient (Wildman–Crippen LogP) is 2.93. The van der Waals surface area contributed by atoms with Gasteiger partial charge in [-0.25, -0.2) is 8.78 Å². The fourth-order valence-electron chi connectivity index (χ4n) is 2.57. The van der Waals surface area contributed by atoms with Crippen LogP contribution < -0.4 is 5.32 Å². The molecule has 6 heteroatoms. The first kappa shape index (κ1) is 16.2. The first-order valence-electron chi connectivity index (χ1n) is 7.09. The lowest BCUT2D eigenvalue weighted by Gasteiger charge is -2.24. The van der Waals surface area contributed by atoms with E-state index in [1.54, 1.807) is 16.7 Å². The summed E-state index contributed by atoms with van der Waals surface area (Å²) in [7, 11) is 0. The van der Waals surface area contributed by atoms with Crippen LogP contribution in [0.4, 0.5) is 8.78 Å². The third-order valence-corrected chi connectivity index (χ3v) is 4.36. The number of thioether (sulfide) groups is 1. The van der Waals surface area contributed by atoms with Gasteiger partial charge in [-0.1, -0.05) is 6.92 Å². The van der Waals surface area contributed by atoms with Crippen LogP contribution in [-0.4, -0.2) is 35.4 Å². The van der Waals surface area contributed by atoms with Gasteiger partial charge >= 0.3 is 0 Å². The molecule has 0 aliphatic carbocycles. The molecular weight excluding hydrogens is 294 g/mol. The minimum absolute atomic E-state index is 0.00710. The number of carbonyl (C=O) groups is 1. The maximum Gasteiger partial charge on any atom is 0.241 e. The zero-order valence-electron chi connectivity index (χ0n) is 12.2. The summed E-state index contributed by atoms with van der Waals surface area (Å²) in [5.74, 6) is -0.292. The van der Waals surface area contributed by atoms with Gasteiger partial charge in [0.1, 0.15) is 17.8 Å². The summed E-state index contributed by atoms with van der Waals surface area (Å²) in [6, 6.07) is 3.20. The van der Waals surface area contributed by atoms with E-state index in [2.05, 4.69) is 5.32 Å². The number of nitrogens with zero attached hydrogens (tertiary/aromatic N) is 1. The molecule has 1 amide bonds. The van der Waals surface area contributed by atoms with Crippen molar-refractivity contribution in [3.63, 3.8) is 0 Å². The van der Waals surface area contributed by atoms with Crippen LogP contribution in [0, 0.1) is 11.6 Å². The summed E-state index contributed by atoms with van der Waals surface area (Å²) in [6.07, 6.45) is 3.00. The van der Waals surface area contributed by atoms with Gasteiger partial charge in [-0.15, -0.1) is 0 Å². The second-order valence-corrected chi connectivity index (χ2v) is 6.06. The van der Waals surface area contributed by atoms with Gasteiger partial charge in [0, 0.05) is 18.2 Å². The van der Waals surface area contributed by atoms with Crippen molar-refractivity contribution in [2.75, 3.05) is 18.6 Å². The molecule has 0 aromatic heterocycles. The highest BCUT2D eigenvalue weighted by atomic mass is 32.2. The molecule has 21 heavy (non-hydrogen) atoms. The first-order valence-corrected chi connectivity index (χ1v) is 8.48. The maximum atomic E-state index is 14.0. The lowest BCUT2D eigenvalue weighted by molar-refractivity contribution is -0.130. The van der Waals surface area contributed by atoms with Crippen molar-refractivity contribution in [1.29, 1.82) is 0 Å². The molecule has 2 atom stereocenters. The maximum absolute atomic E-state index is 14.0. The Kier molecular flexibility index (Phi) is 5.58. The van der Waals surface area contributed by atoms with Gasteiger partial charge in [-0.2, -0.15) is 11.8 Å². The topological polar surface area (TPSA) is 32.3 Å². The molecule has 1 heterocycles. The Morgan fingerprint density at radius 3 is 2.76 bits per heavy atom. The Labute approximate surface area is 128 Å². The van der Waals surface area contributed by atoms with E-state index >= 15 is 0 Å². The van der Waals surface area contributed by atoms with Crippen LogP contribution in [0.15, 0.2) is 18.2 Å². The highest BCUT2D eigenvalue weighted by Crippen LogP contribution is 2.28. The average Bonchev–Trinajstić information content (AvgIpc) is 2.76. The van der Waals surface area contributed by atoms with Crippen LogP contribution in [0.5, 0.6) is 0 Å². The smallest absolute Gasteiger partial charge is 0.241 e. The molecule has 116 valence electrons. The fraction of sp³-hybridized carbons (Fsp3) is 0.533. The van der Waals surface area contributed by atoms with Crippen molar-refractivity contribution in [2.45, 2.75) is 32.0 Å². The zero-order valence-corrected chi connectivity index (χ0v) is 13.1. The van der Waals surface area contributed by atoms with E-state index in [0.717, 1.165) is 18.2 Å². The number of halogens is 2. The molecule has 1 aliphatic rings. The Hall–Kier alpha value is -1.14. The van der Waals surface area contributed by atoms with Crippen molar-refractivity contribution < 1.29 is 13.6 Å². The van der Waals surface area contributed by atoms with Crippen LogP contribution in [-0.2, 0) is 4.79 Å². The molecule has 1 saturated heterocycles. The van der Waals surface area contributed by atoms with Gasteiger partial charge in [0.25, 0.3) is 0 Å². The average molecular weight is 314 g/mol. The molecule has 1 aromatic carbocycles. The molecule has 1 aromatic rings.